The van der Waals surface area contributed by atoms with Crippen LogP contribution in [0.2, 0.25) is 0 Å². The monoisotopic (exact) mass is 202 g/mol. The standard InChI is InChI=1S/C10H22N2O2/c1-7(2)6-14-12-10(13)5-9(11)8(3)4/h7-9H,5-6,11H2,1-4H3,(H,12,13). The molecule has 0 aromatic rings. The maximum Gasteiger partial charge on any atom is 0.245 e. The first-order valence-corrected chi connectivity index (χ1v) is 5.09. The molecule has 1 atom stereocenters. The van der Waals surface area contributed by atoms with E-state index in [1.807, 2.05) is 27.7 Å². The fraction of sp³-hybridized carbons (Fsp3) is 0.900. The fourth-order valence-corrected chi connectivity index (χ4v) is 0.780. The van der Waals surface area contributed by atoms with E-state index in [4.69, 9.17) is 10.6 Å². The predicted octanol–water partition coefficient (Wildman–Crippen LogP) is 1.06. The largest absolute Gasteiger partial charge is 0.327 e. The van der Waals surface area contributed by atoms with Crippen LogP contribution in [0.5, 0.6) is 0 Å². The number of hydrogen-bond acceptors (Lipinski definition) is 3. The van der Waals surface area contributed by atoms with Crippen molar-refractivity contribution in [2.75, 3.05) is 6.61 Å². The molecule has 14 heavy (non-hydrogen) atoms. The summed E-state index contributed by atoms with van der Waals surface area (Å²) in [5.74, 6) is 0.576. The molecule has 4 nitrogen and oxygen atoms in total. The Morgan fingerprint density at radius 3 is 2.36 bits per heavy atom. The van der Waals surface area contributed by atoms with E-state index in [-0.39, 0.29) is 11.9 Å². The lowest BCUT2D eigenvalue weighted by atomic mass is 10.0. The summed E-state index contributed by atoms with van der Waals surface area (Å²) in [5.41, 5.74) is 8.11. The third kappa shape index (κ3) is 6.86. The van der Waals surface area contributed by atoms with Crippen LogP contribution in [-0.2, 0) is 9.63 Å². The molecule has 1 unspecified atom stereocenters. The number of carbonyl (C=O) groups is 1. The van der Waals surface area contributed by atoms with E-state index in [1.54, 1.807) is 0 Å². The minimum absolute atomic E-state index is 0.0994. The molecule has 0 fully saturated rings. The molecule has 84 valence electrons. The highest BCUT2D eigenvalue weighted by atomic mass is 16.6. The Balaban J connectivity index is 3.55. The lowest BCUT2D eigenvalue weighted by molar-refractivity contribution is -0.134. The summed E-state index contributed by atoms with van der Waals surface area (Å²) in [4.78, 5) is 16.2. The number of hydrogen-bond donors (Lipinski definition) is 2. The third-order valence-corrected chi connectivity index (χ3v) is 1.88. The van der Waals surface area contributed by atoms with Crippen molar-refractivity contribution >= 4 is 5.91 Å². The van der Waals surface area contributed by atoms with Crippen molar-refractivity contribution < 1.29 is 9.63 Å². The second-order valence-corrected chi connectivity index (χ2v) is 4.34. The van der Waals surface area contributed by atoms with Gasteiger partial charge in [0.25, 0.3) is 0 Å². The van der Waals surface area contributed by atoms with E-state index in [9.17, 15) is 4.79 Å². The molecule has 0 aromatic carbocycles. The van der Waals surface area contributed by atoms with E-state index in [0.29, 0.717) is 24.9 Å². The number of amides is 1. The zero-order valence-corrected chi connectivity index (χ0v) is 9.54. The Morgan fingerprint density at radius 2 is 1.93 bits per heavy atom. The highest BCUT2D eigenvalue weighted by molar-refractivity contribution is 5.75. The highest BCUT2D eigenvalue weighted by Gasteiger charge is 2.12. The molecular formula is C10H22N2O2. The number of carbonyl (C=O) groups excluding carboxylic acids is 1. The van der Waals surface area contributed by atoms with Gasteiger partial charge in [0, 0.05) is 12.5 Å². The molecule has 0 heterocycles. The molecule has 0 aliphatic rings. The molecule has 0 bridgehead atoms. The summed E-state index contributed by atoms with van der Waals surface area (Å²) in [6, 6.07) is -0.0994. The van der Waals surface area contributed by atoms with Crippen molar-refractivity contribution in [3.8, 4) is 0 Å². The third-order valence-electron chi connectivity index (χ3n) is 1.88. The Morgan fingerprint density at radius 1 is 1.36 bits per heavy atom. The summed E-state index contributed by atoms with van der Waals surface area (Å²) >= 11 is 0. The van der Waals surface area contributed by atoms with Gasteiger partial charge in [0.2, 0.25) is 5.91 Å². The fourth-order valence-electron chi connectivity index (χ4n) is 0.780. The zero-order valence-electron chi connectivity index (χ0n) is 9.54. The van der Waals surface area contributed by atoms with Crippen LogP contribution in [0.1, 0.15) is 34.1 Å². The van der Waals surface area contributed by atoms with Crippen molar-refractivity contribution in [1.82, 2.24) is 5.48 Å². The molecule has 0 rings (SSSR count). The Labute approximate surface area is 86.1 Å². The van der Waals surface area contributed by atoms with Crippen LogP contribution in [0.15, 0.2) is 0 Å². The summed E-state index contributed by atoms with van der Waals surface area (Å²) < 4.78 is 0. The molecule has 0 spiro atoms. The minimum atomic E-state index is -0.146. The van der Waals surface area contributed by atoms with E-state index in [0.717, 1.165) is 0 Å². The van der Waals surface area contributed by atoms with Crippen molar-refractivity contribution in [2.45, 2.75) is 40.2 Å². The van der Waals surface area contributed by atoms with E-state index >= 15 is 0 Å². The van der Waals surface area contributed by atoms with Gasteiger partial charge in [-0.3, -0.25) is 9.63 Å². The molecule has 0 aliphatic heterocycles. The number of nitrogens with two attached hydrogens (primary N) is 1. The average Bonchev–Trinajstić information content (AvgIpc) is 2.02. The lowest BCUT2D eigenvalue weighted by Gasteiger charge is -2.15. The molecule has 0 saturated carbocycles. The van der Waals surface area contributed by atoms with Crippen LogP contribution in [0.25, 0.3) is 0 Å². The lowest BCUT2D eigenvalue weighted by Crippen LogP contribution is -2.35. The van der Waals surface area contributed by atoms with Crippen LogP contribution in [0.3, 0.4) is 0 Å². The highest BCUT2D eigenvalue weighted by Crippen LogP contribution is 2.02. The van der Waals surface area contributed by atoms with Crippen LogP contribution in [0, 0.1) is 11.8 Å². The first-order chi connectivity index (χ1) is 6.43. The van der Waals surface area contributed by atoms with Crippen LogP contribution >= 0.6 is 0 Å². The summed E-state index contributed by atoms with van der Waals surface area (Å²) in [6.07, 6.45) is 0.315. The second kappa shape index (κ2) is 6.79. The Bertz CT molecular complexity index is 170. The van der Waals surface area contributed by atoms with Crippen molar-refractivity contribution in [2.24, 2.45) is 17.6 Å². The van der Waals surface area contributed by atoms with Gasteiger partial charge in [-0.25, -0.2) is 5.48 Å². The average molecular weight is 202 g/mol. The van der Waals surface area contributed by atoms with Crippen LogP contribution < -0.4 is 11.2 Å². The predicted molar refractivity (Wildman–Crippen MR) is 56.4 cm³/mol. The molecule has 3 N–H and O–H groups in total. The molecule has 1 amide bonds. The Hall–Kier alpha value is -0.610. The quantitative estimate of drug-likeness (QED) is 0.633. The van der Waals surface area contributed by atoms with E-state index < -0.39 is 0 Å². The van der Waals surface area contributed by atoms with Gasteiger partial charge in [-0.2, -0.15) is 0 Å². The van der Waals surface area contributed by atoms with Crippen LogP contribution in [-0.4, -0.2) is 18.6 Å². The van der Waals surface area contributed by atoms with Crippen molar-refractivity contribution in [1.29, 1.82) is 0 Å². The number of hydroxylamine groups is 1. The van der Waals surface area contributed by atoms with Gasteiger partial charge < -0.3 is 5.73 Å². The molecule has 0 aromatic heterocycles. The molecular weight excluding hydrogens is 180 g/mol. The van der Waals surface area contributed by atoms with Gasteiger partial charge in [0.15, 0.2) is 0 Å². The zero-order chi connectivity index (χ0) is 11.1. The first kappa shape index (κ1) is 13.4. The first-order valence-electron chi connectivity index (χ1n) is 5.09. The van der Waals surface area contributed by atoms with Crippen molar-refractivity contribution in [3.05, 3.63) is 0 Å². The van der Waals surface area contributed by atoms with Gasteiger partial charge in [-0.1, -0.05) is 27.7 Å². The van der Waals surface area contributed by atoms with E-state index in [2.05, 4.69) is 5.48 Å². The van der Waals surface area contributed by atoms with E-state index in [1.165, 1.54) is 0 Å². The van der Waals surface area contributed by atoms with Gasteiger partial charge in [-0.05, 0) is 11.8 Å². The smallest absolute Gasteiger partial charge is 0.245 e. The maximum atomic E-state index is 11.2. The summed E-state index contributed by atoms with van der Waals surface area (Å²) in [6.45, 7) is 8.56. The normalized spacial score (nSPS) is 13.4. The molecule has 0 aliphatic carbocycles. The van der Waals surface area contributed by atoms with Gasteiger partial charge >= 0.3 is 0 Å². The molecule has 4 heteroatoms. The number of nitrogens with one attached hydrogen (secondary N) is 1. The summed E-state index contributed by atoms with van der Waals surface area (Å²) in [7, 11) is 0. The summed E-state index contributed by atoms with van der Waals surface area (Å²) in [5, 5.41) is 0. The second-order valence-electron chi connectivity index (χ2n) is 4.34. The minimum Gasteiger partial charge on any atom is -0.327 e. The van der Waals surface area contributed by atoms with Gasteiger partial charge in [0.1, 0.15) is 0 Å². The molecule has 0 saturated heterocycles. The van der Waals surface area contributed by atoms with Crippen LogP contribution in [0.4, 0.5) is 0 Å². The maximum absolute atomic E-state index is 11.2. The SMILES string of the molecule is CC(C)CONC(=O)CC(N)C(C)C. The van der Waals surface area contributed by atoms with Crippen molar-refractivity contribution in [3.63, 3.8) is 0 Å². The van der Waals surface area contributed by atoms with Gasteiger partial charge in [-0.15, -0.1) is 0 Å². The van der Waals surface area contributed by atoms with Gasteiger partial charge in [0.05, 0.1) is 6.61 Å². The topological polar surface area (TPSA) is 64.3 Å². The number of rotatable bonds is 6. The molecule has 0 radical (unpaired) electrons. The Kier molecular flexibility index (Phi) is 6.49.